The summed E-state index contributed by atoms with van der Waals surface area (Å²) in [5.74, 6) is 3.19. The van der Waals surface area contributed by atoms with Gasteiger partial charge < -0.3 is 9.47 Å². The minimum absolute atomic E-state index is 0.133. The molecule has 4 aliphatic carbocycles. The average Bonchev–Trinajstić information content (AvgIpc) is 3.11. The largest absolute Gasteiger partial charge is 0.573 e. The van der Waals surface area contributed by atoms with Gasteiger partial charge in [-0.25, -0.2) is 8.78 Å². The Morgan fingerprint density at radius 3 is 1.28 bits per heavy atom. The molecule has 4 saturated carbocycles. The highest BCUT2D eigenvalue weighted by atomic mass is 19.4. The number of benzene rings is 2. The lowest BCUT2D eigenvalue weighted by atomic mass is 9.72. The van der Waals surface area contributed by atoms with E-state index >= 15 is 0 Å². The van der Waals surface area contributed by atoms with E-state index in [0.717, 1.165) is 72.5 Å². The van der Waals surface area contributed by atoms with Crippen molar-refractivity contribution in [2.45, 2.75) is 155 Å². The third kappa shape index (κ3) is 14.3. The fourth-order valence-electron chi connectivity index (χ4n) is 9.84. The zero-order chi connectivity index (χ0) is 38.0. The molecule has 0 aromatic heterocycles. The molecule has 4 aliphatic rings. The summed E-state index contributed by atoms with van der Waals surface area (Å²) in [5, 5.41) is 0. The van der Waals surface area contributed by atoms with E-state index in [-0.39, 0.29) is 5.75 Å². The molecule has 298 valence electrons. The summed E-state index contributed by atoms with van der Waals surface area (Å²) < 4.78 is 96.7. The quantitative estimate of drug-likeness (QED) is 0.213. The van der Waals surface area contributed by atoms with Gasteiger partial charge in [0.1, 0.15) is 5.75 Å². The molecular weight excluding hydrogens is 693 g/mol. The first-order valence-corrected chi connectivity index (χ1v) is 20.5. The van der Waals surface area contributed by atoms with Crippen molar-refractivity contribution in [1.82, 2.24) is 0 Å². The molecule has 0 radical (unpaired) electrons. The van der Waals surface area contributed by atoms with Crippen molar-refractivity contribution >= 4 is 0 Å². The maximum atomic E-state index is 13.9. The highest BCUT2D eigenvalue weighted by molar-refractivity contribution is 5.32. The van der Waals surface area contributed by atoms with Crippen LogP contribution in [0, 0.1) is 59.0 Å². The molecule has 4 fully saturated rings. The van der Waals surface area contributed by atoms with E-state index in [9.17, 15) is 30.7 Å². The summed E-state index contributed by atoms with van der Waals surface area (Å²) in [5.41, 5.74) is 1.64. The van der Waals surface area contributed by atoms with Gasteiger partial charge in [0.2, 0.25) is 0 Å². The molecule has 0 aliphatic heterocycles. The second kappa shape index (κ2) is 19.9. The van der Waals surface area contributed by atoms with Crippen LogP contribution in [0.3, 0.4) is 0 Å². The Labute approximate surface area is 313 Å². The van der Waals surface area contributed by atoms with E-state index in [1.54, 1.807) is 12.1 Å². The second-order valence-corrected chi connectivity index (χ2v) is 17.4. The van der Waals surface area contributed by atoms with Crippen LogP contribution >= 0.6 is 0 Å². The van der Waals surface area contributed by atoms with E-state index in [1.165, 1.54) is 115 Å². The number of alkyl halides is 5. The smallest absolute Gasteiger partial charge is 0.429 e. The fourth-order valence-corrected chi connectivity index (χ4v) is 9.84. The standard InChI is InChI=1S/C22H30F4O.C22H31F3O/c1-14-2-4-15(5-3-14)10-16-6-8-17(9-7-16)11-18-12-19(23)21(20(24)13-18)27-22(25)26;1-16-2-4-17(5-3-16)14-18-6-8-19(9-7-18)15-20-10-12-21(13-11-20)26-22(23,24)25/h12-17,22H,2-11H2,1H3;10-13,16-19H,2-9,14-15H2,1H3. The molecule has 0 spiro atoms. The molecule has 0 atom stereocenters. The van der Waals surface area contributed by atoms with E-state index in [1.807, 2.05) is 0 Å². The molecule has 2 aromatic carbocycles. The van der Waals surface area contributed by atoms with E-state index < -0.39 is 30.4 Å². The second-order valence-electron chi connectivity index (χ2n) is 17.4. The number of rotatable bonds is 11. The Kier molecular flexibility index (Phi) is 15.7. The van der Waals surface area contributed by atoms with Crippen LogP contribution in [0.2, 0.25) is 0 Å². The summed E-state index contributed by atoms with van der Waals surface area (Å²) in [7, 11) is 0. The van der Waals surface area contributed by atoms with E-state index in [4.69, 9.17) is 0 Å². The summed E-state index contributed by atoms with van der Waals surface area (Å²) in [4.78, 5) is 0. The van der Waals surface area contributed by atoms with Gasteiger partial charge in [0.25, 0.3) is 0 Å². The van der Waals surface area contributed by atoms with Gasteiger partial charge in [0, 0.05) is 0 Å². The van der Waals surface area contributed by atoms with Gasteiger partial charge in [-0.15, -0.1) is 13.2 Å². The van der Waals surface area contributed by atoms with Crippen molar-refractivity contribution in [2.75, 3.05) is 0 Å². The summed E-state index contributed by atoms with van der Waals surface area (Å²) >= 11 is 0. The monoisotopic (exact) mass is 754 g/mol. The number of hydrogen-bond donors (Lipinski definition) is 0. The minimum atomic E-state index is -4.61. The molecule has 2 aromatic rings. The molecule has 0 heterocycles. The van der Waals surface area contributed by atoms with Crippen LogP contribution in [-0.2, 0) is 12.8 Å². The average molecular weight is 755 g/mol. The molecular formula is C44H61F7O2. The third-order valence-corrected chi connectivity index (χ3v) is 13.0. The minimum Gasteiger partial charge on any atom is -0.429 e. The molecule has 6 rings (SSSR count). The highest BCUT2D eigenvalue weighted by Gasteiger charge is 2.31. The van der Waals surface area contributed by atoms with E-state index in [0.29, 0.717) is 23.8 Å². The van der Waals surface area contributed by atoms with Crippen LogP contribution in [0.1, 0.15) is 141 Å². The topological polar surface area (TPSA) is 18.5 Å². The molecule has 0 N–H and O–H groups in total. The number of halogens is 7. The molecule has 53 heavy (non-hydrogen) atoms. The normalized spacial score (nSPS) is 29.6. The van der Waals surface area contributed by atoms with Gasteiger partial charge in [-0.2, -0.15) is 8.78 Å². The number of hydrogen-bond acceptors (Lipinski definition) is 2. The van der Waals surface area contributed by atoms with Gasteiger partial charge in [-0.1, -0.05) is 103 Å². The predicted molar refractivity (Wildman–Crippen MR) is 196 cm³/mol. The first-order valence-electron chi connectivity index (χ1n) is 20.5. The summed E-state index contributed by atoms with van der Waals surface area (Å²) in [6.45, 7) is 1.49. The maximum Gasteiger partial charge on any atom is 0.573 e. The molecule has 0 unspecified atom stereocenters. The lowest BCUT2D eigenvalue weighted by Gasteiger charge is -2.33. The van der Waals surface area contributed by atoms with Crippen molar-refractivity contribution in [2.24, 2.45) is 47.3 Å². The SMILES string of the molecule is CC1CCC(CC2CCC(Cc3cc(F)c(OC(F)F)c(F)c3)CC2)CC1.CC1CCC(CC2CCC(Cc3ccc(OC(F)(F)F)cc3)CC2)CC1. The van der Waals surface area contributed by atoms with Crippen molar-refractivity contribution in [3.8, 4) is 11.5 Å². The van der Waals surface area contributed by atoms with Crippen LogP contribution in [0.15, 0.2) is 36.4 Å². The third-order valence-electron chi connectivity index (χ3n) is 13.0. The first kappa shape index (κ1) is 41.7. The Balaban J connectivity index is 0.000000204. The Morgan fingerprint density at radius 2 is 0.906 bits per heavy atom. The Hall–Kier alpha value is -2.45. The maximum absolute atomic E-state index is 13.9. The summed E-state index contributed by atoms with van der Waals surface area (Å²) in [6, 6.07) is 8.68. The number of ether oxygens (including phenoxy) is 2. The van der Waals surface area contributed by atoms with Gasteiger partial charge in [-0.3, -0.25) is 0 Å². The predicted octanol–water partition coefficient (Wildman–Crippen LogP) is 14.3. The van der Waals surface area contributed by atoms with Gasteiger partial charge >= 0.3 is 13.0 Å². The lowest BCUT2D eigenvalue weighted by molar-refractivity contribution is -0.274. The Morgan fingerprint density at radius 1 is 0.547 bits per heavy atom. The van der Waals surface area contributed by atoms with Crippen LogP contribution in [0.25, 0.3) is 0 Å². The molecule has 0 bridgehead atoms. The van der Waals surface area contributed by atoms with Crippen molar-refractivity contribution in [3.63, 3.8) is 0 Å². The summed E-state index contributed by atoms with van der Waals surface area (Å²) in [6.07, 6.45) is 20.5. The molecule has 9 heteroatoms. The fraction of sp³-hybridized carbons (Fsp3) is 0.727. The highest BCUT2D eigenvalue weighted by Crippen LogP contribution is 2.41. The Bertz CT molecular complexity index is 1320. The van der Waals surface area contributed by atoms with Gasteiger partial charge in [-0.05, 0) is 134 Å². The zero-order valence-electron chi connectivity index (χ0n) is 31.8. The molecule has 0 amide bonds. The van der Waals surface area contributed by atoms with Crippen LogP contribution in [0.4, 0.5) is 30.7 Å². The lowest BCUT2D eigenvalue weighted by Crippen LogP contribution is -2.21. The van der Waals surface area contributed by atoms with Crippen LogP contribution in [-0.4, -0.2) is 13.0 Å². The van der Waals surface area contributed by atoms with E-state index in [2.05, 4.69) is 23.3 Å². The van der Waals surface area contributed by atoms with Crippen molar-refractivity contribution < 1.29 is 40.2 Å². The first-order chi connectivity index (χ1) is 25.3. The van der Waals surface area contributed by atoms with Crippen molar-refractivity contribution in [1.29, 1.82) is 0 Å². The van der Waals surface area contributed by atoms with Crippen LogP contribution < -0.4 is 9.47 Å². The molecule has 0 saturated heterocycles. The van der Waals surface area contributed by atoms with Gasteiger partial charge in [0.15, 0.2) is 17.4 Å². The van der Waals surface area contributed by atoms with Gasteiger partial charge in [0.05, 0.1) is 0 Å². The van der Waals surface area contributed by atoms with Crippen molar-refractivity contribution in [3.05, 3.63) is 59.2 Å². The molecule has 2 nitrogen and oxygen atoms in total. The van der Waals surface area contributed by atoms with Crippen LogP contribution in [0.5, 0.6) is 11.5 Å². The zero-order valence-corrected chi connectivity index (χ0v) is 31.8.